The Morgan fingerprint density at radius 2 is 1.74 bits per heavy atom. The van der Waals surface area contributed by atoms with Crippen molar-refractivity contribution in [3.63, 3.8) is 0 Å². The second-order valence-electron chi connectivity index (χ2n) is 8.41. The molecule has 2 fully saturated rings. The van der Waals surface area contributed by atoms with Crippen LogP contribution in [0.1, 0.15) is 17.3 Å². The molecule has 11 nitrogen and oxygen atoms in total. The highest BCUT2D eigenvalue weighted by atomic mass is 16.6. The van der Waals surface area contributed by atoms with Gasteiger partial charge in [0.25, 0.3) is 17.8 Å². The molecule has 180 valence electrons. The number of amidine groups is 2. The number of benzene rings is 1. The van der Waals surface area contributed by atoms with Crippen molar-refractivity contribution in [2.45, 2.75) is 13.0 Å². The number of Topliss-reactive ketones (excluding diaryl/α,β-unsaturated/α-hetero) is 1. The molecule has 1 unspecified atom stereocenters. The van der Waals surface area contributed by atoms with Gasteiger partial charge in [0.2, 0.25) is 5.78 Å². The molecule has 3 aliphatic rings. The molecule has 11 heteroatoms. The Balaban J connectivity index is 1.58. The zero-order chi connectivity index (χ0) is 24.4. The van der Waals surface area contributed by atoms with E-state index in [0.29, 0.717) is 56.6 Å². The number of hydrogen-bond donors (Lipinski definition) is 0. The summed E-state index contributed by atoms with van der Waals surface area (Å²) in [5.74, 6) is 0.327. The number of amides is 4. The van der Waals surface area contributed by atoms with Crippen molar-refractivity contribution in [2.75, 3.05) is 60.0 Å². The van der Waals surface area contributed by atoms with Gasteiger partial charge in [-0.15, -0.1) is 0 Å². The van der Waals surface area contributed by atoms with Crippen LogP contribution < -0.4 is 0 Å². The molecule has 4 rings (SSSR count). The van der Waals surface area contributed by atoms with E-state index >= 15 is 0 Å². The third-order valence-electron chi connectivity index (χ3n) is 6.29. The van der Waals surface area contributed by atoms with Gasteiger partial charge in [0.1, 0.15) is 13.1 Å². The summed E-state index contributed by atoms with van der Waals surface area (Å²) < 4.78 is 6.78. The van der Waals surface area contributed by atoms with E-state index in [1.807, 2.05) is 6.07 Å². The maximum Gasteiger partial charge on any atom is 0.409 e. The second-order valence-corrected chi connectivity index (χ2v) is 8.41. The SMILES string of the molecule is CCOC(=O)N1CCN(CC2=[N+](CC(=O)c3ccccc3)C3C(=O)N(C)C(=O)N(C)C3=N2)CC1. The fourth-order valence-electron chi connectivity index (χ4n) is 4.33. The van der Waals surface area contributed by atoms with Crippen molar-refractivity contribution in [1.82, 2.24) is 19.6 Å². The molecule has 0 bridgehead atoms. The Bertz CT molecular complexity index is 1060. The number of fused-ring (bicyclic) bond motifs is 1. The number of carbonyl (C=O) groups is 4. The lowest BCUT2D eigenvalue weighted by atomic mass is 10.1. The minimum Gasteiger partial charge on any atom is -0.450 e. The Hall–Kier alpha value is -3.60. The highest BCUT2D eigenvalue weighted by Gasteiger charge is 2.53. The van der Waals surface area contributed by atoms with Gasteiger partial charge in [0.15, 0.2) is 0 Å². The maximum absolute atomic E-state index is 13.1. The Kier molecular flexibility index (Phi) is 6.73. The molecule has 0 saturated carbocycles. The Labute approximate surface area is 197 Å². The largest absolute Gasteiger partial charge is 0.450 e. The molecule has 3 heterocycles. The first-order valence-corrected chi connectivity index (χ1v) is 11.3. The predicted molar refractivity (Wildman–Crippen MR) is 123 cm³/mol. The molecule has 4 amide bonds. The van der Waals surface area contributed by atoms with Crippen LogP contribution in [0.4, 0.5) is 9.59 Å². The molecule has 0 radical (unpaired) electrons. The fourth-order valence-corrected chi connectivity index (χ4v) is 4.33. The van der Waals surface area contributed by atoms with Gasteiger partial charge in [-0.2, -0.15) is 0 Å². The normalized spacial score (nSPS) is 21.1. The number of carbonyl (C=O) groups excluding carboxylic acids is 4. The summed E-state index contributed by atoms with van der Waals surface area (Å²) in [4.78, 5) is 61.4. The average molecular weight is 470 g/mol. The topological polar surface area (TPSA) is 106 Å². The van der Waals surface area contributed by atoms with Gasteiger partial charge in [-0.1, -0.05) is 30.3 Å². The number of urea groups is 1. The lowest BCUT2D eigenvalue weighted by Gasteiger charge is -2.33. The number of rotatable bonds is 6. The summed E-state index contributed by atoms with van der Waals surface area (Å²) in [5.41, 5.74) is 0.541. The molecular formula is C23H29N6O5+. The van der Waals surface area contributed by atoms with E-state index < -0.39 is 18.0 Å². The Morgan fingerprint density at radius 3 is 2.38 bits per heavy atom. The smallest absolute Gasteiger partial charge is 0.409 e. The summed E-state index contributed by atoms with van der Waals surface area (Å²) in [7, 11) is 3.01. The number of aliphatic imine (C=N–C) groups is 1. The van der Waals surface area contributed by atoms with E-state index in [1.165, 1.54) is 11.9 Å². The fraction of sp³-hybridized carbons (Fsp3) is 0.478. The number of piperazine rings is 1. The van der Waals surface area contributed by atoms with Crippen LogP contribution in [-0.2, 0) is 9.53 Å². The van der Waals surface area contributed by atoms with Crippen LogP contribution in [0.25, 0.3) is 0 Å². The van der Waals surface area contributed by atoms with Gasteiger partial charge in [-0.05, 0) is 11.9 Å². The molecule has 0 aromatic heterocycles. The minimum atomic E-state index is -0.837. The predicted octanol–water partition coefficient (Wildman–Crippen LogP) is 0.359. The van der Waals surface area contributed by atoms with Gasteiger partial charge in [0, 0.05) is 45.8 Å². The zero-order valence-corrected chi connectivity index (χ0v) is 19.6. The summed E-state index contributed by atoms with van der Waals surface area (Å²) in [6, 6.07) is 7.59. The van der Waals surface area contributed by atoms with Crippen LogP contribution in [0.3, 0.4) is 0 Å². The van der Waals surface area contributed by atoms with Crippen molar-refractivity contribution in [3.05, 3.63) is 35.9 Å². The van der Waals surface area contributed by atoms with Crippen molar-refractivity contribution in [1.29, 1.82) is 0 Å². The van der Waals surface area contributed by atoms with E-state index in [0.717, 1.165) is 4.90 Å². The highest BCUT2D eigenvalue weighted by Crippen LogP contribution is 2.20. The molecule has 34 heavy (non-hydrogen) atoms. The van der Waals surface area contributed by atoms with Crippen LogP contribution in [0.15, 0.2) is 35.3 Å². The van der Waals surface area contributed by atoms with E-state index in [9.17, 15) is 19.2 Å². The molecule has 0 N–H and O–H groups in total. The third kappa shape index (κ3) is 4.43. The van der Waals surface area contributed by atoms with Crippen molar-refractivity contribution >= 4 is 35.5 Å². The number of nitrogens with zero attached hydrogens (tertiary/aromatic N) is 6. The quantitative estimate of drug-likeness (QED) is 0.440. The highest BCUT2D eigenvalue weighted by molar-refractivity contribution is 6.23. The standard InChI is InChI=1S/C23H29N6O5/c1-4-34-23(33)28-12-10-27(11-13-28)15-18-24-20-19(21(31)26(3)22(32)25(20)2)29(18)14-17(30)16-8-6-5-7-9-16/h5-9,19H,4,10-15H2,1-3H3/q+1. The van der Waals surface area contributed by atoms with Gasteiger partial charge in [-0.3, -0.25) is 24.3 Å². The molecule has 0 aliphatic carbocycles. The second kappa shape index (κ2) is 9.72. The number of hydrogen-bond acceptors (Lipinski definition) is 7. The molecule has 3 aliphatic heterocycles. The van der Waals surface area contributed by atoms with Crippen LogP contribution in [0, 0.1) is 0 Å². The van der Waals surface area contributed by atoms with Gasteiger partial charge < -0.3 is 9.64 Å². The van der Waals surface area contributed by atoms with Crippen LogP contribution in [0.2, 0.25) is 0 Å². The summed E-state index contributed by atoms with van der Waals surface area (Å²) in [6.45, 7) is 4.66. The summed E-state index contributed by atoms with van der Waals surface area (Å²) in [6.07, 6.45) is -0.328. The van der Waals surface area contributed by atoms with Crippen molar-refractivity contribution in [3.8, 4) is 0 Å². The molecule has 0 spiro atoms. The van der Waals surface area contributed by atoms with E-state index in [1.54, 1.807) is 47.7 Å². The van der Waals surface area contributed by atoms with Crippen molar-refractivity contribution < 1.29 is 28.5 Å². The van der Waals surface area contributed by atoms with Gasteiger partial charge in [0.05, 0.1) is 6.61 Å². The lowest BCUT2D eigenvalue weighted by molar-refractivity contribution is -0.523. The first-order valence-electron chi connectivity index (χ1n) is 11.3. The van der Waals surface area contributed by atoms with Crippen LogP contribution in [-0.4, -0.2) is 126 Å². The number of ether oxygens (including phenoxy) is 1. The number of ketones is 1. The Morgan fingerprint density at radius 1 is 1.06 bits per heavy atom. The monoisotopic (exact) mass is 469 g/mol. The van der Waals surface area contributed by atoms with Crippen LogP contribution in [0.5, 0.6) is 0 Å². The first kappa shape index (κ1) is 23.6. The van der Waals surface area contributed by atoms with Gasteiger partial charge >= 0.3 is 18.0 Å². The summed E-state index contributed by atoms with van der Waals surface area (Å²) in [5, 5.41) is 0. The molecule has 1 aromatic rings. The summed E-state index contributed by atoms with van der Waals surface area (Å²) >= 11 is 0. The molecular weight excluding hydrogens is 440 g/mol. The molecule has 2 saturated heterocycles. The third-order valence-corrected chi connectivity index (χ3v) is 6.29. The van der Waals surface area contributed by atoms with E-state index in [2.05, 4.69) is 9.89 Å². The first-order chi connectivity index (χ1) is 16.3. The average Bonchev–Trinajstić information content (AvgIpc) is 3.20. The number of imide groups is 1. The zero-order valence-electron chi connectivity index (χ0n) is 19.6. The lowest BCUT2D eigenvalue weighted by Crippen LogP contribution is -2.62. The van der Waals surface area contributed by atoms with Gasteiger partial charge in [-0.25, -0.2) is 14.2 Å². The molecule has 1 atom stereocenters. The minimum absolute atomic E-state index is 0.0403. The van der Waals surface area contributed by atoms with Crippen molar-refractivity contribution in [2.24, 2.45) is 4.99 Å². The van der Waals surface area contributed by atoms with E-state index in [4.69, 9.17) is 4.74 Å². The van der Waals surface area contributed by atoms with Crippen LogP contribution >= 0.6 is 0 Å². The maximum atomic E-state index is 13.1. The molecule has 1 aromatic carbocycles. The number of likely N-dealkylation sites (N-methyl/N-ethyl adjacent to an activating group) is 2. The van der Waals surface area contributed by atoms with E-state index in [-0.39, 0.29) is 18.4 Å².